The molecule has 0 aliphatic carbocycles. The molecule has 1 heterocycles. The minimum absolute atomic E-state index is 0.323. The van der Waals surface area contributed by atoms with Gasteiger partial charge in [0.15, 0.2) is 0 Å². The molecule has 0 amide bonds. The summed E-state index contributed by atoms with van der Waals surface area (Å²) >= 11 is 13.3. The topological polar surface area (TPSA) is 29.3 Å². The lowest BCUT2D eigenvalue weighted by Gasteiger charge is -2.37. The third-order valence-electron chi connectivity index (χ3n) is 3.24. The van der Waals surface area contributed by atoms with Crippen molar-refractivity contribution >= 4 is 40.6 Å². The van der Waals surface area contributed by atoms with E-state index < -0.39 is 0 Å². The Labute approximate surface area is 129 Å². The zero-order valence-corrected chi connectivity index (χ0v) is 13.7. The molecule has 0 unspecified atom stereocenters. The first-order valence-corrected chi connectivity index (χ1v) is 8.09. The van der Waals surface area contributed by atoms with Crippen LogP contribution < -0.4 is 5.73 Å². The highest BCUT2D eigenvalue weighted by molar-refractivity contribution is 8.00. The van der Waals surface area contributed by atoms with Crippen LogP contribution in [0.25, 0.3) is 0 Å². The van der Waals surface area contributed by atoms with E-state index in [0.717, 1.165) is 35.8 Å². The number of hydrogen-bond acceptors (Lipinski definition) is 3. The highest BCUT2D eigenvalue weighted by Gasteiger charge is 2.27. The van der Waals surface area contributed by atoms with Gasteiger partial charge in [0.25, 0.3) is 0 Å². The second-order valence-electron chi connectivity index (χ2n) is 5.49. The number of benzene rings is 1. The molecule has 2 rings (SSSR count). The molecule has 1 fully saturated rings. The highest BCUT2D eigenvalue weighted by Crippen LogP contribution is 2.31. The first-order valence-electron chi connectivity index (χ1n) is 6.32. The molecule has 104 valence electrons. The normalized spacial score (nSPS) is 19.3. The average molecular weight is 315 g/mol. The van der Waals surface area contributed by atoms with Gasteiger partial charge in [-0.3, -0.25) is 4.90 Å². The van der Waals surface area contributed by atoms with Crippen LogP contribution in [-0.2, 0) is 6.54 Å². The molecule has 0 aromatic heterocycles. The van der Waals surface area contributed by atoms with Crippen LogP contribution in [0.3, 0.4) is 0 Å². The highest BCUT2D eigenvalue weighted by atomic mass is 35.5. The molecule has 19 heavy (non-hydrogen) atoms. The summed E-state index contributed by atoms with van der Waals surface area (Å²) in [6, 6.07) is 5.85. The molecule has 0 atom stereocenters. The Morgan fingerprint density at radius 2 is 2.26 bits per heavy atom. The zero-order chi connectivity index (χ0) is 14.0. The van der Waals surface area contributed by atoms with Crippen molar-refractivity contribution in [2.24, 2.45) is 5.73 Å². The zero-order valence-electron chi connectivity index (χ0n) is 11.3. The van der Waals surface area contributed by atoms with Crippen molar-refractivity contribution in [2.75, 3.05) is 18.8 Å². The minimum Gasteiger partial charge on any atom is -0.389 e. The fourth-order valence-electron chi connectivity index (χ4n) is 2.32. The SMILES string of the molecule is CC1(C)CN(Cc2ccc(C(N)=S)cc2Cl)CCS1. The maximum Gasteiger partial charge on any atom is 0.104 e. The molecule has 0 saturated carbocycles. The number of nitrogens with two attached hydrogens (primary N) is 1. The molecule has 1 aliphatic heterocycles. The van der Waals surface area contributed by atoms with Crippen molar-refractivity contribution in [3.63, 3.8) is 0 Å². The fraction of sp³-hybridized carbons (Fsp3) is 0.500. The van der Waals surface area contributed by atoms with Gasteiger partial charge in [0, 0.05) is 40.7 Å². The number of nitrogens with zero attached hydrogens (tertiary/aromatic N) is 1. The van der Waals surface area contributed by atoms with Crippen LogP contribution in [0.2, 0.25) is 5.02 Å². The van der Waals surface area contributed by atoms with Crippen LogP contribution in [0.5, 0.6) is 0 Å². The van der Waals surface area contributed by atoms with Crippen LogP contribution in [-0.4, -0.2) is 33.5 Å². The summed E-state index contributed by atoms with van der Waals surface area (Å²) in [6.07, 6.45) is 0. The lowest BCUT2D eigenvalue weighted by Crippen LogP contribution is -2.42. The van der Waals surface area contributed by atoms with Crippen LogP contribution >= 0.6 is 35.6 Å². The molecule has 0 bridgehead atoms. The maximum atomic E-state index is 6.32. The third-order valence-corrected chi connectivity index (χ3v) is 5.12. The molecule has 1 aromatic rings. The van der Waals surface area contributed by atoms with Gasteiger partial charge in [0.1, 0.15) is 4.99 Å². The van der Waals surface area contributed by atoms with E-state index in [2.05, 4.69) is 18.7 Å². The lowest BCUT2D eigenvalue weighted by molar-refractivity contribution is 0.252. The third kappa shape index (κ3) is 4.09. The smallest absolute Gasteiger partial charge is 0.104 e. The van der Waals surface area contributed by atoms with Crippen molar-refractivity contribution in [1.29, 1.82) is 0 Å². The Bertz CT molecular complexity index is 488. The molecule has 1 saturated heterocycles. The van der Waals surface area contributed by atoms with Crippen molar-refractivity contribution in [3.05, 3.63) is 34.3 Å². The van der Waals surface area contributed by atoms with E-state index in [1.54, 1.807) is 0 Å². The van der Waals surface area contributed by atoms with E-state index in [4.69, 9.17) is 29.6 Å². The summed E-state index contributed by atoms with van der Waals surface area (Å²) in [5.74, 6) is 1.18. The van der Waals surface area contributed by atoms with Gasteiger partial charge in [-0.15, -0.1) is 0 Å². The predicted molar refractivity (Wildman–Crippen MR) is 89.2 cm³/mol. The van der Waals surface area contributed by atoms with E-state index in [9.17, 15) is 0 Å². The summed E-state index contributed by atoms with van der Waals surface area (Å²) in [4.78, 5) is 2.85. The number of thioether (sulfide) groups is 1. The molecular weight excluding hydrogens is 296 g/mol. The monoisotopic (exact) mass is 314 g/mol. The Hall–Kier alpha value is -0.290. The van der Waals surface area contributed by atoms with Gasteiger partial charge >= 0.3 is 0 Å². The van der Waals surface area contributed by atoms with E-state index in [-0.39, 0.29) is 0 Å². The van der Waals surface area contributed by atoms with Gasteiger partial charge < -0.3 is 5.73 Å². The van der Waals surface area contributed by atoms with Gasteiger partial charge in [-0.05, 0) is 25.5 Å². The Balaban J connectivity index is 2.09. The van der Waals surface area contributed by atoms with Crippen LogP contribution in [0, 0.1) is 0 Å². The van der Waals surface area contributed by atoms with Gasteiger partial charge in [-0.2, -0.15) is 11.8 Å². The molecular formula is C14H19ClN2S2. The number of hydrogen-bond donors (Lipinski definition) is 1. The first-order chi connectivity index (χ1) is 8.87. The molecule has 0 radical (unpaired) electrons. The van der Waals surface area contributed by atoms with Gasteiger partial charge in [0.05, 0.1) is 0 Å². The van der Waals surface area contributed by atoms with Crippen molar-refractivity contribution < 1.29 is 0 Å². The molecule has 0 spiro atoms. The van der Waals surface area contributed by atoms with Crippen molar-refractivity contribution in [3.8, 4) is 0 Å². The minimum atomic E-state index is 0.323. The number of rotatable bonds is 3. The molecule has 1 aliphatic rings. The molecule has 2 nitrogen and oxygen atoms in total. The van der Waals surface area contributed by atoms with E-state index in [1.165, 1.54) is 5.75 Å². The Morgan fingerprint density at radius 3 is 2.84 bits per heavy atom. The van der Waals surface area contributed by atoms with E-state index >= 15 is 0 Å². The van der Waals surface area contributed by atoms with Gasteiger partial charge in [-0.25, -0.2) is 0 Å². The summed E-state index contributed by atoms with van der Waals surface area (Å²) in [5.41, 5.74) is 7.59. The molecule has 5 heteroatoms. The number of thiocarbonyl (C=S) groups is 1. The summed E-state index contributed by atoms with van der Waals surface area (Å²) in [7, 11) is 0. The van der Waals surface area contributed by atoms with Crippen molar-refractivity contribution in [1.82, 2.24) is 4.90 Å². The second-order valence-corrected chi connectivity index (χ2v) is 8.14. The lowest BCUT2D eigenvalue weighted by atomic mass is 10.1. The standard InChI is InChI=1S/C14H19ClN2S2/c1-14(2)9-17(5-6-19-14)8-11-4-3-10(13(16)18)7-12(11)15/h3-4,7H,5-6,8-9H2,1-2H3,(H2,16,18). The second kappa shape index (κ2) is 6.00. The Morgan fingerprint density at radius 1 is 1.53 bits per heavy atom. The number of halogens is 1. The quantitative estimate of drug-likeness (QED) is 0.867. The van der Waals surface area contributed by atoms with Crippen LogP contribution in [0.4, 0.5) is 0 Å². The maximum absolute atomic E-state index is 6.32. The molecule has 1 aromatic carbocycles. The molecule has 2 N–H and O–H groups in total. The largest absolute Gasteiger partial charge is 0.389 e. The summed E-state index contributed by atoms with van der Waals surface area (Å²) < 4.78 is 0.323. The van der Waals surface area contributed by atoms with Crippen LogP contribution in [0.1, 0.15) is 25.0 Å². The average Bonchev–Trinajstić information content (AvgIpc) is 2.30. The first kappa shape index (κ1) is 15.1. The van der Waals surface area contributed by atoms with E-state index in [0.29, 0.717) is 9.74 Å². The van der Waals surface area contributed by atoms with Gasteiger partial charge in [0.2, 0.25) is 0 Å². The van der Waals surface area contributed by atoms with E-state index in [1.807, 2.05) is 30.0 Å². The summed E-state index contributed by atoms with van der Waals surface area (Å²) in [5, 5.41) is 0.751. The van der Waals surface area contributed by atoms with Crippen molar-refractivity contribution in [2.45, 2.75) is 25.1 Å². The Kier molecular flexibility index (Phi) is 4.77. The van der Waals surface area contributed by atoms with Crippen LogP contribution in [0.15, 0.2) is 18.2 Å². The predicted octanol–water partition coefficient (Wildman–Crippen LogP) is 3.30. The van der Waals surface area contributed by atoms with Gasteiger partial charge in [-0.1, -0.05) is 36.0 Å². The fourth-order valence-corrected chi connectivity index (χ4v) is 3.86. The summed E-state index contributed by atoms with van der Waals surface area (Å²) in [6.45, 7) is 7.68.